The summed E-state index contributed by atoms with van der Waals surface area (Å²) in [6.45, 7) is 4.84. The maximum Gasteiger partial charge on any atom is 0.311 e. The van der Waals surface area contributed by atoms with E-state index in [9.17, 15) is 9.59 Å². The Hall–Kier alpha value is -1.51. The third kappa shape index (κ3) is 4.17. The maximum absolute atomic E-state index is 12.5. The molecule has 3 fully saturated rings. The molecule has 3 aliphatic rings. The first kappa shape index (κ1) is 18.8. The van der Waals surface area contributed by atoms with Gasteiger partial charge in [-0.1, -0.05) is 0 Å². The third-order valence-electron chi connectivity index (χ3n) is 6.00. The fourth-order valence-electron chi connectivity index (χ4n) is 4.95. The van der Waals surface area contributed by atoms with E-state index < -0.39 is 0 Å². The van der Waals surface area contributed by atoms with Gasteiger partial charge < -0.3 is 14.8 Å². The van der Waals surface area contributed by atoms with Gasteiger partial charge in [0, 0.05) is 18.5 Å². The molecule has 1 aromatic rings. The summed E-state index contributed by atoms with van der Waals surface area (Å²) >= 11 is 1.33. The van der Waals surface area contributed by atoms with E-state index in [0.717, 1.165) is 25.4 Å². The SMILES string of the molecule is CCOC(=O)Cc1csc(NC(=O)CN2CCOC3(CC4CCC3C4)C2)n1. The molecule has 1 aliphatic heterocycles. The number of carbonyl (C=O) groups is 2. The number of carbonyl (C=O) groups excluding carboxylic acids is 2. The van der Waals surface area contributed by atoms with E-state index in [1.54, 1.807) is 12.3 Å². The molecule has 3 atom stereocenters. The summed E-state index contributed by atoms with van der Waals surface area (Å²) < 4.78 is 11.1. The van der Waals surface area contributed by atoms with Gasteiger partial charge in [0.05, 0.1) is 37.5 Å². The lowest BCUT2D eigenvalue weighted by atomic mass is 9.82. The standard InChI is InChI=1S/C19H27N3O4S/c1-2-25-17(24)8-15-11-27-18(20-15)21-16(23)10-22-5-6-26-19(12-22)9-13-3-4-14(19)7-13/h11,13-14H,2-10,12H2,1H3,(H,20,21,23). The molecule has 148 valence electrons. The molecule has 1 aromatic heterocycles. The van der Waals surface area contributed by atoms with Crippen molar-refractivity contribution in [3.05, 3.63) is 11.1 Å². The Labute approximate surface area is 163 Å². The van der Waals surface area contributed by atoms with Crippen LogP contribution in [0.2, 0.25) is 0 Å². The third-order valence-corrected chi connectivity index (χ3v) is 6.81. The van der Waals surface area contributed by atoms with Crippen LogP contribution in [0.5, 0.6) is 0 Å². The molecule has 27 heavy (non-hydrogen) atoms. The summed E-state index contributed by atoms with van der Waals surface area (Å²) in [5, 5.41) is 5.17. The average Bonchev–Trinajstić information content (AvgIpc) is 3.32. The number of nitrogens with one attached hydrogen (secondary N) is 1. The topological polar surface area (TPSA) is 80.8 Å². The van der Waals surface area contributed by atoms with Gasteiger partial charge in [-0.2, -0.15) is 0 Å². The molecule has 0 aromatic carbocycles. The van der Waals surface area contributed by atoms with Crippen LogP contribution in [0.1, 0.15) is 38.3 Å². The van der Waals surface area contributed by atoms with Crippen molar-refractivity contribution in [1.29, 1.82) is 0 Å². The Bertz CT molecular complexity index is 709. The van der Waals surface area contributed by atoms with Gasteiger partial charge in [0.25, 0.3) is 0 Å². The first-order valence-electron chi connectivity index (χ1n) is 9.82. The molecule has 8 heteroatoms. The number of thiazole rings is 1. The Morgan fingerprint density at radius 3 is 3.11 bits per heavy atom. The highest BCUT2D eigenvalue weighted by Gasteiger charge is 2.53. The fourth-order valence-corrected chi connectivity index (χ4v) is 5.67. The van der Waals surface area contributed by atoms with Crippen LogP contribution in [0, 0.1) is 11.8 Å². The van der Waals surface area contributed by atoms with Crippen LogP contribution in [0.4, 0.5) is 5.13 Å². The van der Waals surface area contributed by atoms with Crippen LogP contribution < -0.4 is 5.32 Å². The number of rotatable bonds is 6. The number of esters is 1. The molecule has 1 saturated heterocycles. The van der Waals surface area contributed by atoms with Crippen LogP contribution in [0.15, 0.2) is 5.38 Å². The zero-order valence-corrected chi connectivity index (χ0v) is 16.6. The smallest absolute Gasteiger partial charge is 0.311 e. The molecular weight excluding hydrogens is 366 g/mol. The molecule has 3 unspecified atom stereocenters. The number of amides is 1. The number of fused-ring (bicyclic) bond motifs is 3. The van der Waals surface area contributed by atoms with Crippen LogP contribution >= 0.6 is 11.3 Å². The Morgan fingerprint density at radius 2 is 2.37 bits per heavy atom. The van der Waals surface area contributed by atoms with Crippen LogP contribution in [0.3, 0.4) is 0 Å². The minimum atomic E-state index is -0.301. The van der Waals surface area contributed by atoms with Crippen molar-refractivity contribution in [2.24, 2.45) is 11.8 Å². The van der Waals surface area contributed by atoms with Crippen LogP contribution in [0.25, 0.3) is 0 Å². The number of ether oxygens (including phenoxy) is 2. The van der Waals surface area contributed by atoms with E-state index in [0.29, 0.717) is 36.5 Å². The fraction of sp³-hybridized carbons (Fsp3) is 0.737. The highest BCUT2D eigenvalue weighted by atomic mass is 32.1. The maximum atomic E-state index is 12.5. The number of nitrogens with zero attached hydrogens (tertiary/aromatic N) is 2. The van der Waals surface area contributed by atoms with E-state index >= 15 is 0 Å². The predicted octanol–water partition coefficient (Wildman–Crippen LogP) is 2.08. The molecule has 4 rings (SSSR count). The zero-order valence-electron chi connectivity index (χ0n) is 15.7. The number of morpholine rings is 1. The second-order valence-corrected chi connectivity index (χ2v) is 8.74. The van der Waals surface area contributed by atoms with Gasteiger partial charge in [-0.25, -0.2) is 4.98 Å². The number of hydrogen-bond acceptors (Lipinski definition) is 7. The summed E-state index contributed by atoms with van der Waals surface area (Å²) in [6.07, 6.45) is 5.19. The molecule has 2 heterocycles. The monoisotopic (exact) mass is 393 g/mol. The van der Waals surface area contributed by atoms with Crippen LogP contribution in [-0.4, -0.2) is 60.2 Å². The number of aromatic nitrogens is 1. The lowest BCUT2D eigenvalue weighted by molar-refractivity contribution is -0.143. The van der Waals surface area contributed by atoms with Crippen molar-refractivity contribution in [3.63, 3.8) is 0 Å². The van der Waals surface area contributed by atoms with Gasteiger partial charge >= 0.3 is 5.97 Å². The Balaban J connectivity index is 1.28. The highest BCUT2D eigenvalue weighted by Crippen LogP contribution is 2.53. The molecule has 1 amide bonds. The first-order chi connectivity index (χ1) is 13.1. The lowest BCUT2D eigenvalue weighted by Crippen LogP contribution is -2.55. The normalized spacial score (nSPS) is 30.0. The molecule has 7 nitrogen and oxygen atoms in total. The van der Waals surface area contributed by atoms with Crippen LogP contribution in [-0.2, 0) is 25.5 Å². The molecular formula is C19H27N3O4S. The van der Waals surface area contributed by atoms with Gasteiger partial charge in [-0.05, 0) is 44.4 Å². The predicted molar refractivity (Wildman–Crippen MR) is 102 cm³/mol. The molecule has 1 N–H and O–H groups in total. The lowest BCUT2D eigenvalue weighted by Gasteiger charge is -2.45. The second kappa shape index (κ2) is 7.85. The average molecular weight is 394 g/mol. The van der Waals surface area contributed by atoms with Crippen molar-refractivity contribution in [2.75, 3.05) is 38.2 Å². The first-order valence-corrected chi connectivity index (χ1v) is 10.7. The Morgan fingerprint density at radius 1 is 1.48 bits per heavy atom. The molecule has 2 aliphatic carbocycles. The molecule has 2 bridgehead atoms. The Kier molecular flexibility index (Phi) is 5.48. The van der Waals surface area contributed by atoms with Crippen molar-refractivity contribution in [1.82, 2.24) is 9.88 Å². The van der Waals surface area contributed by atoms with Crippen molar-refractivity contribution >= 4 is 28.3 Å². The minimum Gasteiger partial charge on any atom is -0.466 e. The van der Waals surface area contributed by atoms with Crippen molar-refractivity contribution < 1.29 is 19.1 Å². The van der Waals surface area contributed by atoms with Gasteiger partial charge in [-0.15, -0.1) is 11.3 Å². The quantitative estimate of drug-likeness (QED) is 0.746. The van der Waals surface area contributed by atoms with E-state index in [1.807, 2.05) is 0 Å². The van der Waals surface area contributed by atoms with E-state index in [4.69, 9.17) is 9.47 Å². The summed E-state index contributed by atoms with van der Waals surface area (Å²) in [4.78, 5) is 30.5. The van der Waals surface area contributed by atoms with Gasteiger partial charge in [0.15, 0.2) is 5.13 Å². The summed E-state index contributed by atoms with van der Waals surface area (Å²) in [6, 6.07) is 0. The summed E-state index contributed by atoms with van der Waals surface area (Å²) in [7, 11) is 0. The van der Waals surface area contributed by atoms with E-state index in [2.05, 4.69) is 15.2 Å². The van der Waals surface area contributed by atoms with Crippen molar-refractivity contribution in [2.45, 2.75) is 44.6 Å². The van der Waals surface area contributed by atoms with Gasteiger partial charge in [-0.3, -0.25) is 14.5 Å². The molecule has 0 radical (unpaired) electrons. The minimum absolute atomic E-state index is 0.0184. The second-order valence-electron chi connectivity index (χ2n) is 7.88. The highest BCUT2D eigenvalue weighted by molar-refractivity contribution is 7.13. The number of hydrogen-bond donors (Lipinski definition) is 1. The summed E-state index contributed by atoms with van der Waals surface area (Å²) in [5.74, 6) is 1.12. The number of anilines is 1. The summed E-state index contributed by atoms with van der Waals surface area (Å²) in [5.41, 5.74) is 0.608. The molecule has 2 saturated carbocycles. The van der Waals surface area contributed by atoms with Crippen molar-refractivity contribution in [3.8, 4) is 0 Å². The van der Waals surface area contributed by atoms with Gasteiger partial charge in [0.1, 0.15) is 0 Å². The van der Waals surface area contributed by atoms with E-state index in [1.165, 1.54) is 30.6 Å². The largest absolute Gasteiger partial charge is 0.466 e. The molecule has 1 spiro atoms. The zero-order chi connectivity index (χ0) is 18.9. The van der Waals surface area contributed by atoms with E-state index in [-0.39, 0.29) is 23.9 Å². The van der Waals surface area contributed by atoms with Gasteiger partial charge in [0.2, 0.25) is 5.91 Å².